The fourth-order valence-electron chi connectivity index (χ4n) is 3.82. The van der Waals surface area contributed by atoms with Crippen molar-refractivity contribution in [2.75, 3.05) is 11.9 Å². The molecule has 19 nitrogen and oxygen atoms in total. The summed E-state index contributed by atoms with van der Waals surface area (Å²) in [5.74, 6) is 0. The van der Waals surface area contributed by atoms with Gasteiger partial charge in [-0.3, -0.25) is 65.6 Å². The third-order valence-electron chi connectivity index (χ3n) is 5.19. The SMILES string of the molecule is CN(c1ccccc1)C1([N+](=O)[O-])C=CC([N+](=O)[O-])C([N+](=O)[O-])([N+](=O)[O-])C1([N+](=O)[O-])[N+](=O)[O-]. The van der Waals surface area contributed by atoms with Crippen molar-refractivity contribution in [3.63, 3.8) is 0 Å². The lowest BCUT2D eigenvalue weighted by atomic mass is 9.72. The van der Waals surface area contributed by atoms with Gasteiger partial charge < -0.3 is 0 Å². The lowest BCUT2D eigenvalue weighted by Crippen LogP contribution is -2.89. The second kappa shape index (κ2) is 7.45. The number of para-hydroxylation sites is 1. The van der Waals surface area contributed by atoms with Crippen LogP contribution in [0.25, 0.3) is 0 Å². The van der Waals surface area contributed by atoms with Crippen LogP contribution in [0, 0.1) is 60.7 Å². The van der Waals surface area contributed by atoms with Crippen molar-refractivity contribution in [2.24, 2.45) is 0 Å². The second-order valence-electron chi connectivity index (χ2n) is 6.39. The topological polar surface area (TPSA) is 262 Å². The number of hydrogen-bond donors (Lipinski definition) is 0. The van der Waals surface area contributed by atoms with Crippen molar-refractivity contribution in [2.45, 2.75) is 23.0 Å². The number of likely N-dealkylation sites (N-methyl/N-ethyl adjacent to an activating group) is 1. The molecule has 32 heavy (non-hydrogen) atoms. The highest BCUT2D eigenvalue weighted by Crippen LogP contribution is 2.50. The first-order chi connectivity index (χ1) is 14.8. The zero-order valence-corrected chi connectivity index (χ0v) is 15.6. The number of rotatable bonds is 8. The van der Waals surface area contributed by atoms with E-state index in [0.29, 0.717) is 7.05 Å². The van der Waals surface area contributed by atoms with E-state index in [1.54, 1.807) is 0 Å². The number of benzene rings is 1. The third-order valence-corrected chi connectivity index (χ3v) is 5.19. The minimum atomic E-state index is -5.01. The molecule has 0 amide bonds. The first-order valence-electron chi connectivity index (χ1n) is 8.12. The summed E-state index contributed by atoms with van der Waals surface area (Å²) >= 11 is 0. The number of hydrogen-bond acceptors (Lipinski definition) is 13. The summed E-state index contributed by atoms with van der Waals surface area (Å²) in [6, 6.07) is 2.73. The van der Waals surface area contributed by atoms with Gasteiger partial charge in [-0.1, -0.05) is 18.2 Å². The Morgan fingerprint density at radius 1 is 0.750 bits per heavy atom. The standard InChI is InChI=1S/C13H11N7O12/c1-14(9-5-3-2-4-6-9)11(16(23)24)8-7-10(15(21)22)12(17(25)26,18(27)28)13(11,19(29)30)20(31)32/h2-8,10H,1H3. The molecule has 2 atom stereocenters. The summed E-state index contributed by atoms with van der Waals surface area (Å²) in [6.45, 7) is 0. The van der Waals surface area contributed by atoms with E-state index in [4.69, 9.17) is 0 Å². The smallest absolute Gasteiger partial charge is 0.294 e. The summed E-state index contributed by atoms with van der Waals surface area (Å²) in [4.78, 5) is 59.8. The monoisotopic (exact) mass is 457 g/mol. The highest BCUT2D eigenvalue weighted by molar-refractivity contribution is 5.50. The van der Waals surface area contributed by atoms with Crippen LogP contribution in [0.4, 0.5) is 5.69 Å². The summed E-state index contributed by atoms with van der Waals surface area (Å²) in [5.41, 5.74) is -14.2. The van der Waals surface area contributed by atoms with Crippen molar-refractivity contribution in [1.82, 2.24) is 0 Å². The van der Waals surface area contributed by atoms with Gasteiger partial charge in [0.05, 0.1) is 4.92 Å². The zero-order valence-electron chi connectivity index (χ0n) is 15.6. The van der Waals surface area contributed by atoms with Crippen LogP contribution in [-0.2, 0) is 0 Å². The van der Waals surface area contributed by atoms with Crippen molar-refractivity contribution < 1.29 is 29.5 Å². The molecule has 19 heteroatoms. The molecular formula is C13H11N7O12. The quantitative estimate of drug-likeness (QED) is 0.212. The average Bonchev–Trinajstić information content (AvgIpc) is 2.70. The Bertz CT molecular complexity index is 1030. The first kappa shape index (κ1) is 23.4. The lowest BCUT2D eigenvalue weighted by molar-refractivity contribution is -0.975. The van der Waals surface area contributed by atoms with E-state index in [2.05, 4.69) is 0 Å². The minimum Gasteiger partial charge on any atom is -0.294 e. The molecule has 0 spiro atoms. The predicted molar refractivity (Wildman–Crippen MR) is 97.9 cm³/mol. The number of nitrogens with zero attached hydrogens (tertiary/aromatic N) is 7. The molecule has 0 saturated heterocycles. The van der Waals surface area contributed by atoms with Crippen LogP contribution in [0.3, 0.4) is 0 Å². The molecule has 1 aromatic rings. The van der Waals surface area contributed by atoms with E-state index >= 15 is 0 Å². The zero-order chi connectivity index (χ0) is 24.6. The molecule has 1 aliphatic rings. The molecule has 2 rings (SSSR count). The first-order valence-corrected chi connectivity index (χ1v) is 8.12. The Balaban J connectivity index is 3.27. The van der Waals surface area contributed by atoms with Crippen LogP contribution >= 0.6 is 0 Å². The third kappa shape index (κ3) is 2.47. The molecule has 0 bridgehead atoms. The maximum atomic E-state index is 12.2. The Morgan fingerprint density at radius 3 is 1.56 bits per heavy atom. The molecule has 0 aliphatic heterocycles. The molecule has 0 heterocycles. The predicted octanol–water partition coefficient (Wildman–Crippen LogP) is -0.190. The van der Waals surface area contributed by atoms with Gasteiger partial charge in [0.2, 0.25) is 0 Å². The van der Waals surface area contributed by atoms with E-state index < -0.39 is 52.6 Å². The number of anilines is 1. The molecule has 2 unspecified atom stereocenters. The summed E-state index contributed by atoms with van der Waals surface area (Å²) in [6.07, 6.45) is 0.0450. The molecular weight excluding hydrogens is 446 g/mol. The van der Waals surface area contributed by atoms with Gasteiger partial charge in [-0.05, 0) is 12.1 Å². The van der Waals surface area contributed by atoms with E-state index in [0.717, 1.165) is 12.1 Å². The average molecular weight is 457 g/mol. The molecule has 170 valence electrons. The van der Waals surface area contributed by atoms with Crippen LogP contribution in [0.5, 0.6) is 0 Å². The van der Waals surface area contributed by atoms with Crippen LogP contribution < -0.4 is 4.90 Å². The lowest BCUT2D eigenvalue weighted by Gasteiger charge is -2.38. The van der Waals surface area contributed by atoms with Gasteiger partial charge in [-0.25, -0.2) is 0 Å². The van der Waals surface area contributed by atoms with Crippen molar-refractivity contribution in [1.29, 1.82) is 0 Å². The summed E-state index contributed by atoms with van der Waals surface area (Å²) in [5, 5.41) is 71.7. The van der Waals surface area contributed by atoms with Crippen molar-refractivity contribution >= 4 is 5.69 Å². The summed E-state index contributed by atoms with van der Waals surface area (Å²) < 4.78 is 0. The molecule has 0 fully saturated rings. The van der Waals surface area contributed by atoms with Gasteiger partial charge in [0.1, 0.15) is 19.7 Å². The molecule has 0 radical (unpaired) electrons. The highest BCUT2D eigenvalue weighted by atomic mass is 16.7. The van der Waals surface area contributed by atoms with Gasteiger partial charge >= 0.3 is 23.0 Å². The highest BCUT2D eigenvalue weighted by Gasteiger charge is 3.10. The van der Waals surface area contributed by atoms with E-state index in [1.807, 2.05) is 0 Å². The molecule has 0 saturated carbocycles. The van der Waals surface area contributed by atoms with Gasteiger partial charge in [-0.15, -0.1) is 0 Å². The Labute approximate surface area is 174 Å². The fraction of sp³-hybridized carbons (Fsp3) is 0.385. The van der Waals surface area contributed by atoms with Crippen molar-refractivity contribution in [3.8, 4) is 0 Å². The maximum Gasteiger partial charge on any atom is 0.695 e. The Hall–Kier alpha value is -4.84. The van der Waals surface area contributed by atoms with E-state index in [9.17, 15) is 60.7 Å². The van der Waals surface area contributed by atoms with Crippen LogP contribution in [0.1, 0.15) is 0 Å². The fourth-order valence-corrected chi connectivity index (χ4v) is 3.82. The van der Waals surface area contributed by atoms with E-state index in [1.165, 1.54) is 18.2 Å². The van der Waals surface area contributed by atoms with Crippen LogP contribution in [0.15, 0.2) is 42.5 Å². The van der Waals surface area contributed by atoms with Gasteiger partial charge in [0, 0.05) is 29.8 Å². The maximum absolute atomic E-state index is 12.2. The molecule has 0 N–H and O–H groups in total. The Morgan fingerprint density at radius 2 is 1.22 bits per heavy atom. The van der Waals surface area contributed by atoms with E-state index in [-0.39, 0.29) is 22.7 Å². The van der Waals surface area contributed by atoms with Gasteiger partial charge in [0.25, 0.3) is 0 Å². The van der Waals surface area contributed by atoms with Crippen molar-refractivity contribution in [3.05, 3.63) is 103 Å². The molecule has 1 aliphatic carbocycles. The molecule has 1 aromatic carbocycles. The largest absolute Gasteiger partial charge is 0.695 e. The second-order valence-corrected chi connectivity index (χ2v) is 6.39. The molecule has 0 aromatic heterocycles. The van der Waals surface area contributed by atoms with Crippen LogP contribution in [-0.4, -0.2) is 59.6 Å². The normalized spacial score (nSPS) is 23.0. The van der Waals surface area contributed by atoms with Crippen LogP contribution in [0.2, 0.25) is 0 Å². The van der Waals surface area contributed by atoms with Gasteiger partial charge in [0.15, 0.2) is 0 Å². The number of nitro groups is 6. The minimum absolute atomic E-state index is 0.0130. The van der Waals surface area contributed by atoms with Gasteiger partial charge in [-0.2, -0.15) is 0 Å². The Kier molecular flexibility index (Phi) is 5.45. The summed E-state index contributed by atoms with van der Waals surface area (Å²) in [7, 11) is 0.696.